The molecule has 0 aliphatic heterocycles. The molecule has 0 saturated carbocycles. The Morgan fingerprint density at radius 1 is 1.35 bits per heavy atom. The largest absolute Gasteiger partial charge is 0.477 e. The molecule has 94 valence electrons. The predicted molar refractivity (Wildman–Crippen MR) is 56.4 cm³/mol. The topological polar surface area (TPSA) is 70.4 Å². The summed E-state index contributed by atoms with van der Waals surface area (Å²) in [4.78, 5) is 13.9. The number of carboxylic acids is 1. The van der Waals surface area contributed by atoms with Crippen LogP contribution >= 0.6 is 23.2 Å². The molecular formula is C9H7Cl2F2NO3. The van der Waals surface area contributed by atoms with E-state index in [1.807, 2.05) is 0 Å². The third-order valence-corrected chi connectivity index (χ3v) is 2.59. The molecule has 0 aliphatic carbocycles. The lowest BCUT2D eigenvalue weighted by Gasteiger charge is -2.29. The molecule has 1 atom stereocenters. The van der Waals surface area contributed by atoms with E-state index in [0.29, 0.717) is 6.92 Å². The lowest BCUT2D eigenvalue weighted by Crippen LogP contribution is -2.48. The highest BCUT2D eigenvalue weighted by molar-refractivity contribution is 6.32. The number of aliphatic hydroxyl groups is 1. The molecular weight excluding hydrogens is 279 g/mol. The first-order valence-electron chi connectivity index (χ1n) is 4.26. The number of nitrogens with zero attached hydrogens (tertiary/aromatic N) is 1. The van der Waals surface area contributed by atoms with Crippen LogP contribution in [0.3, 0.4) is 0 Å². The molecule has 1 heterocycles. The smallest absolute Gasteiger partial charge is 0.378 e. The summed E-state index contributed by atoms with van der Waals surface area (Å²) in [5.41, 5.74) is -3.38. The van der Waals surface area contributed by atoms with Crippen molar-refractivity contribution < 1.29 is 23.8 Å². The van der Waals surface area contributed by atoms with Crippen molar-refractivity contribution in [3.05, 3.63) is 28.0 Å². The van der Waals surface area contributed by atoms with Crippen molar-refractivity contribution in [2.45, 2.75) is 18.4 Å². The number of rotatable bonds is 3. The first-order valence-corrected chi connectivity index (χ1v) is 5.02. The monoisotopic (exact) mass is 285 g/mol. The maximum Gasteiger partial charge on any atom is 0.378 e. The summed E-state index contributed by atoms with van der Waals surface area (Å²) in [6.45, 7) is 0.656. The molecule has 1 aromatic heterocycles. The number of pyridine rings is 1. The first-order chi connectivity index (χ1) is 7.59. The minimum Gasteiger partial charge on any atom is -0.477 e. The molecule has 4 nitrogen and oxygen atoms in total. The van der Waals surface area contributed by atoms with Gasteiger partial charge in [-0.15, -0.1) is 0 Å². The van der Waals surface area contributed by atoms with E-state index in [2.05, 4.69) is 4.98 Å². The van der Waals surface area contributed by atoms with Gasteiger partial charge in [0.25, 0.3) is 0 Å². The van der Waals surface area contributed by atoms with E-state index in [0.717, 1.165) is 12.1 Å². The molecule has 0 fully saturated rings. The average molecular weight is 286 g/mol. The molecule has 0 radical (unpaired) electrons. The van der Waals surface area contributed by atoms with Gasteiger partial charge in [0.2, 0.25) is 0 Å². The zero-order valence-electron chi connectivity index (χ0n) is 8.42. The second-order valence-electron chi connectivity index (χ2n) is 3.45. The van der Waals surface area contributed by atoms with Gasteiger partial charge in [-0.2, -0.15) is 8.78 Å². The molecule has 0 spiro atoms. The van der Waals surface area contributed by atoms with Crippen molar-refractivity contribution in [3.63, 3.8) is 0 Å². The van der Waals surface area contributed by atoms with Crippen LogP contribution in [0.1, 0.15) is 12.5 Å². The minimum absolute atomic E-state index is 0.228. The number of aliphatic carboxylic acids is 1. The average Bonchev–Trinajstić information content (AvgIpc) is 2.15. The molecule has 1 aromatic rings. The Morgan fingerprint density at radius 2 is 1.76 bits per heavy atom. The van der Waals surface area contributed by atoms with Crippen LogP contribution in [-0.4, -0.2) is 27.1 Å². The van der Waals surface area contributed by atoms with Gasteiger partial charge >= 0.3 is 11.9 Å². The standard InChI is InChI=1S/C9H7Cl2F2NO3/c1-8(17,9(12,13)7(15)16)4-2-5(10)14-6(11)3-4/h2-3,17H,1H3,(H,15,16). The fourth-order valence-electron chi connectivity index (χ4n) is 1.14. The molecule has 0 saturated heterocycles. The van der Waals surface area contributed by atoms with Crippen molar-refractivity contribution in [2.24, 2.45) is 0 Å². The molecule has 0 amide bonds. The maximum absolute atomic E-state index is 13.3. The molecule has 8 heteroatoms. The number of halogens is 4. The summed E-state index contributed by atoms with van der Waals surface area (Å²) in [5, 5.41) is 17.6. The molecule has 0 aromatic carbocycles. The number of hydrogen-bond acceptors (Lipinski definition) is 3. The van der Waals surface area contributed by atoms with Crippen LogP contribution in [0.5, 0.6) is 0 Å². The van der Waals surface area contributed by atoms with Gasteiger partial charge in [-0.3, -0.25) is 0 Å². The van der Waals surface area contributed by atoms with E-state index >= 15 is 0 Å². The third kappa shape index (κ3) is 2.48. The lowest BCUT2D eigenvalue weighted by atomic mass is 9.90. The lowest BCUT2D eigenvalue weighted by molar-refractivity contribution is -0.207. The van der Waals surface area contributed by atoms with E-state index in [1.54, 1.807) is 0 Å². The van der Waals surface area contributed by atoms with Crippen molar-refractivity contribution >= 4 is 29.2 Å². The zero-order valence-corrected chi connectivity index (χ0v) is 9.93. The highest BCUT2D eigenvalue weighted by Gasteiger charge is 2.57. The van der Waals surface area contributed by atoms with Crippen molar-refractivity contribution in [3.8, 4) is 0 Å². The normalized spacial score (nSPS) is 15.4. The fraction of sp³-hybridized carbons (Fsp3) is 0.333. The Bertz CT molecular complexity index is 445. The minimum atomic E-state index is -4.39. The van der Waals surface area contributed by atoms with Crippen LogP contribution in [0.15, 0.2) is 12.1 Å². The molecule has 0 bridgehead atoms. The molecule has 17 heavy (non-hydrogen) atoms. The number of aromatic nitrogens is 1. The van der Waals surface area contributed by atoms with Crippen molar-refractivity contribution in [1.82, 2.24) is 4.98 Å². The zero-order chi connectivity index (χ0) is 13.4. The van der Waals surface area contributed by atoms with Crippen LogP contribution in [0.4, 0.5) is 8.78 Å². The second-order valence-corrected chi connectivity index (χ2v) is 4.23. The maximum atomic E-state index is 13.3. The van der Waals surface area contributed by atoms with Gasteiger partial charge < -0.3 is 10.2 Å². The van der Waals surface area contributed by atoms with Crippen LogP contribution in [0.25, 0.3) is 0 Å². The van der Waals surface area contributed by atoms with E-state index in [-0.39, 0.29) is 10.3 Å². The summed E-state index contributed by atoms with van der Waals surface area (Å²) in [6, 6.07) is 1.84. The molecule has 0 aliphatic rings. The Morgan fingerprint density at radius 3 is 2.12 bits per heavy atom. The Balaban J connectivity index is 3.35. The first kappa shape index (κ1) is 14.1. The van der Waals surface area contributed by atoms with Crippen LogP contribution < -0.4 is 0 Å². The predicted octanol–water partition coefficient (Wildman–Crippen LogP) is 2.32. The highest BCUT2D eigenvalue weighted by Crippen LogP contribution is 2.38. The quantitative estimate of drug-likeness (QED) is 0.836. The Kier molecular flexibility index (Phi) is 3.61. The number of alkyl halides is 2. The molecule has 1 rings (SSSR count). The van der Waals surface area contributed by atoms with E-state index in [1.165, 1.54) is 0 Å². The van der Waals surface area contributed by atoms with Gasteiger partial charge in [0.15, 0.2) is 5.60 Å². The molecule has 1 unspecified atom stereocenters. The number of carbonyl (C=O) groups is 1. The van der Waals surface area contributed by atoms with Gasteiger partial charge in [0.05, 0.1) is 0 Å². The Labute approximate surface area is 105 Å². The SMILES string of the molecule is CC(O)(c1cc(Cl)nc(Cl)c1)C(F)(F)C(=O)O. The van der Waals surface area contributed by atoms with Gasteiger partial charge in [-0.25, -0.2) is 9.78 Å². The highest BCUT2D eigenvalue weighted by atomic mass is 35.5. The van der Waals surface area contributed by atoms with Crippen LogP contribution in [0, 0.1) is 0 Å². The second kappa shape index (κ2) is 4.36. The van der Waals surface area contributed by atoms with Gasteiger partial charge in [0.1, 0.15) is 10.3 Å². The summed E-state index contributed by atoms with van der Waals surface area (Å²) in [6.07, 6.45) is 0. The fourth-order valence-corrected chi connectivity index (χ4v) is 1.60. The summed E-state index contributed by atoms with van der Waals surface area (Å²) in [5.74, 6) is -6.84. The number of hydrogen-bond donors (Lipinski definition) is 2. The summed E-state index contributed by atoms with van der Waals surface area (Å²) >= 11 is 11.0. The van der Waals surface area contributed by atoms with E-state index in [4.69, 9.17) is 28.3 Å². The summed E-state index contributed by atoms with van der Waals surface area (Å²) < 4.78 is 26.6. The third-order valence-electron chi connectivity index (χ3n) is 2.20. The van der Waals surface area contributed by atoms with Crippen LogP contribution in [0.2, 0.25) is 10.3 Å². The van der Waals surface area contributed by atoms with Gasteiger partial charge in [-0.1, -0.05) is 23.2 Å². The van der Waals surface area contributed by atoms with Gasteiger partial charge in [0, 0.05) is 0 Å². The number of carboxylic acid groups (broad SMARTS) is 1. The molecule has 2 N–H and O–H groups in total. The van der Waals surface area contributed by atoms with Crippen LogP contribution in [-0.2, 0) is 10.4 Å². The van der Waals surface area contributed by atoms with Gasteiger partial charge in [-0.05, 0) is 24.6 Å². The van der Waals surface area contributed by atoms with E-state index < -0.39 is 23.1 Å². The van der Waals surface area contributed by atoms with E-state index in [9.17, 15) is 18.7 Å². The Hall–Kier alpha value is -0.980. The summed E-state index contributed by atoms with van der Waals surface area (Å²) in [7, 11) is 0. The van der Waals surface area contributed by atoms with Crippen molar-refractivity contribution in [2.75, 3.05) is 0 Å². The van der Waals surface area contributed by atoms with Crippen molar-refractivity contribution in [1.29, 1.82) is 0 Å².